The number of hydrogen-bond donors (Lipinski definition) is 2. The normalized spacial score (nSPS) is 19.4. The van der Waals surface area contributed by atoms with Gasteiger partial charge in [0.1, 0.15) is 6.04 Å². The van der Waals surface area contributed by atoms with Gasteiger partial charge in [0, 0.05) is 12.6 Å². The molecule has 0 bridgehead atoms. The monoisotopic (exact) mass is 228 g/mol. The number of aliphatic carboxylic acids is 1. The molecule has 0 radical (unpaired) electrons. The van der Waals surface area contributed by atoms with Crippen LogP contribution in [-0.2, 0) is 4.79 Å². The Morgan fingerprint density at radius 3 is 2.38 bits per heavy atom. The second-order valence-electron chi connectivity index (χ2n) is 4.72. The second kappa shape index (κ2) is 4.72. The molecular formula is C11H20N2O3. The minimum atomic E-state index is -0.959. The Bertz CT molecular complexity index is 287. The molecule has 0 aromatic carbocycles. The van der Waals surface area contributed by atoms with Crippen LogP contribution in [0.15, 0.2) is 0 Å². The van der Waals surface area contributed by atoms with Crippen LogP contribution in [0, 0.1) is 0 Å². The number of carbonyl (C=O) groups excluding carboxylic acids is 1. The first-order valence-electron chi connectivity index (χ1n) is 5.67. The highest BCUT2D eigenvalue weighted by Crippen LogP contribution is 2.31. The molecule has 5 nitrogen and oxygen atoms in total. The van der Waals surface area contributed by atoms with Crippen molar-refractivity contribution in [2.24, 2.45) is 0 Å². The van der Waals surface area contributed by atoms with Crippen LogP contribution in [0.5, 0.6) is 0 Å². The van der Waals surface area contributed by atoms with E-state index in [1.807, 2.05) is 6.92 Å². The minimum Gasteiger partial charge on any atom is -0.480 e. The molecule has 2 N–H and O–H groups in total. The van der Waals surface area contributed by atoms with Crippen LogP contribution in [0.25, 0.3) is 0 Å². The van der Waals surface area contributed by atoms with Crippen molar-refractivity contribution in [3.05, 3.63) is 0 Å². The maximum absolute atomic E-state index is 11.8. The largest absolute Gasteiger partial charge is 0.480 e. The molecule has 1 rings (SSSR count). The van der Waals surface area contributed by atoms with Gasteiger partial charge in [-0.25, -0.2) is 9.59 Å². The number of rotatable bonds is 4. The molecule has 0 aromatic heterocycles. The molecule has 2 amide bonds. The molecule has 1 aliphatic rings. The van der Waals surface area contributed by atoms with E-state index in [2.05, 4.69) is 5.32 Å². The summed E-state index contributed by atoms with van der Waals surface area (Å²) in [5.74, 6) is -0.959. The molecule has 1 atom stereocenters. The number of nitrogens with zero attached hydrogens (tertiary/aromatic N) is 1. The van der Waals surface area contributed by atoms with Crippen molar-refractivity contribution in [3.8, 4) is 0 Å². The van der Waals surface area contributed by atoms with E-state index in [0.29, 0.717) is 6.42 Å². The van der Waals surface area contributed by atoms with E-state index < -0.39 is 12.0 Å². The fraction of sp³-hybridized carbons (Fsp3) is 0.818. The van der Waals surface area contributed by atoms with E-state index in [1.54, 1.807) is 6.92 Å². The van der Waals surface area contributed by atoms with Gasteiger partial charge in [0.15, 0.2) is 0 Å². The van der Waals surface area contributed by atoms with E-state index in [9.17, 15) is 9.59 Å². The molecule has 1 saturated carbocycles. The average molecular weight is 228 g/mol. The third-order valence-corrected chi connectivity index (χ3v) is 3.33. The molecule has 0 aromatic rings. The van der Waals surface area contributed by atoms with Crippen molar-refractivity contribution in [1.29, 1.82) is 0 Å². The van der Waals surface area contributed by atoms with Gasteiger partial charge in [-0.15, -0.1) is 0 Å². The van der Waals surface area contributed by atoms with E-state index in [1.165, 1.54) is 11.9 Å². The summed E-state index contributed by atoms with van der Waals surface area (Å²) in [6.45, 7) is 3.75. The lowest BCUT2D eigenvalue weighted by molar-refractivity contribution is -0.141. The molecule has 0 heterocycles. The number of carboxylic acid groups (broad SMARTS) is 1. The number of amides is 2. The lowest BCUT2D eigenvalue weighted by Crippen LogP contribution is -2.57. The van der Waals surface area contributed by atoms with Gasteiger partial charge in [-0.2, -0.15) is 0 Å². The maximum Gasteiger partial charge on any atom is 0.326 e. The maximum atomic E-state index is 11.8. The Hall–Kier alpha value is -1.26. The first kappa shape index (κ1) is 12.8. The van der Waals surface area contributed by atoms with Gasteiger partial charge in [-0.05, 0) is 32.6 Å². The molecule has 0 saturated heterocycles. The summed E-state index contributed by atoms with van der Waals surface area (Å²) in [6, 6.07) is -1.04. The third kappa shape index (κ3) is 2.65. The summed E-state index contributed by atoms with van der Waals surface area (Å²) >= 11 is 0. The van der Waals surface area contributed by atoms with Crippen LogP contribution in [0.4, 0.5) is 4.79 Å². The quantitative estimate of drug-likeness (QED) is 0.764. The number of carbonyl (C=O) groups is 2. The zero-order valence-electron chi connectivity index (χ0n) is 10.1. The Morgan fingerprint density at radius 2 is 2.06 bits per heavy atom. The van der Waals surface area contributed by atoms with Crippen molar-refractivity contribution in [2.45, 2.75) is 51.1 Å². The minimum absolute atomic E-state index is 0.137. The molecule has 92 valence electrons. The van der Waals surface area contributed by atoms with Crippen LogP contribution in [0.1, 0.15) is 39.5 Å². The Labute approximate surface area is 95.8 Å². The standard InChI is InChI=1S/C11H20N2O3/c1-4-8(9(14)15)13(3)10(16)12-11(2)6-5-7-11/h8H,4-7H2,1-3H3,(H,12,16)(H,14,15). The van der Waals surface area contributed by atoms with Crippen molar-refractivity contribution in [3.63, 3.8) is 0 Å². The molecule has 1 unspecified atom stereocenters. The lowest BCUT2D eigenvalue weighted by atomic mass is 9.79. The first-order chi connectivity index (χ1) is 7.39. The smallest absolute Gasteiger partial charge is 0.326 e. The van der Waals surface area contributed by atoms with E-state index >= 15 is 0 Å². The average Bonchev–Trinajstić information content (AvgIpc) is 2.15. The van der Waals surface area contributed by atoms with Crippen LogP contribution >= 0.6 is 0 Å². The molecule has 1 aliphatic carbocycles. The SMILES string of the molecule is CCC(C(=O)O)N(C)C(=O)NC1(C)CCC1. The van der Waals surface area contributed by atoms with Crippen LogP contribution in [-0.4, -0.2) is 40.6 Å². The zero-order chi connectivity index (χ0) is 12.3. The third-order valence-electron chi connectivity index (χ3n) is 3.33. The van der Waals surface area contributed by atoms with Gasteiger partial charge in [-0.3, -0.25) is 0 Å². The highest BCUT2D eigenvalue weighted by molar-refractivity contribution is 5.82. The van der Waals surface area contributed by atoms with Crippen molar-refractivity contribution in [2.75, 3.05) is 7.05 Å². The molecule has 0 aliphatic heterocycles. The summed E-state index contributed by atoms with van der Waals surface area (Å²) in [6.07, 6.45) is 3.47. The number of hydrogen-bond acceptors (Lipinski definition) is 2. The Kier molecular flexibility index (Phi) is 3.78. The lowest BCUT2D eigenvalue weighted by Gasteiger charge is -2.40. The predicted octanol–water partition coefficient (Wildman–Crippen LogP) is 1.43. The topological polar surface area (TPSA) is 69.6 Å². The van der Waals surface area contributed by atoms with E-state index in [0.717, 1.165) is 19.3 Å². The summed E-state index contributed by atoms with van der Waals surface area (Å²) in [5.41, 5.74) is -0.137. The highest BCUT2D eigenvalue weighted by atomic mass is 16.4. The summed E-state index contributed by atoms with van der Waals surface area (Å²) in [4.78, 5) is 24.0. The van der Waals surface area contributed by atoms with Crippen molar-refractivity contribution in [1.82, 2.24) is 10.2 Å². The summed E-state index contributed by atoms with van der Waals surface area (Å²) in [5, 5.41) is 11.8. The summed E-state index contributed by atoms with van der Waals surface area (Å²) in [7, 11) is 1.53. The van der Waals surface area contributed by atoms with Crippen LogP contribution in [0.2, 0.25) is 0 Å². The van der Waals surface area contributed by atoms with Gasteiger partial charge < -0.3 is 15.3 Å². The van der Waals surface area contributed by atoms with E-state index in [4.69, 9.17) is 5.11 Å². The van der Waals surface area contributed by atoms with Gasteiger partial charge in [0.2, 0.25) is 0 Å². The van der Waals surface area contributed by atoms with Gasteiger partial charge in [0.05, 0.1) is 0 Å². The predicted molar refractivity (Wildman–Crippen MR) is 60.3 cm³/mol. The van der Waals surface area contributed by atoms with Gasteiger partial charge >= 0.3 is 12.0 Å². The van der Waals surface area contributed by atoms with Gasteiger partial charge in [-0.1, -0.05) is 6.92 Å². The molecule has 0 spiro atoms. The number of nitrogens with one attached hydrogen (secondary N) is 1. The highest BCUT2D eigenvalue weighted by Gasteiger charge is 2.35. The Balaban J connectivity index is 2.55. The molecule has 5 heteroatoms. The molecular weight excluding hydrogens is 208 g/mol. The van der Waals surface area contributed by atoms with Crippen molar-refractivity contribution >= 4 is 12.0 Å². The van der Waals surface area contributed by atoms with Crippen LogP contribution in [0.3, 0.4) is 0 Å². The van der Waals surface area contributed by atoms with Gasteiger partial charge in [0.25, 0.3) is 0 Å². The molecule has 1 fully saturated rings. The Morgan fingerprint density at radius 1 is 1.50 bits per heavy atom. The fourth-order valence-corrected chi connectivity index (χ4v) is 1.93. The number of carboxylic acids is 1. The number of urea groups is 1. The molecule has 16 heavy (non-hydrogen) atoms. The number of likely N-dealkylation sites (N-methyl/N-ethyl adjacent to an activating group) is 1. The van der Waals surface area contributed by atoms with Crippen LogP contribution < -0.4 is 5.32 Å². The van der Waals surface area contributed by atoms with Crippen molar-refractivity contribution < 1.29 is 14.7 Å². The first-order valence-corrected chi connectivity index (χ1v) is 5.67. The van der Waals surface area contributed by atoms with E-state index in [-0.39, 0.29) is 11.6 Å². The fourth-order valence-electron chi connectivity index (χ4n) is 1.93. The second-order valence-corrected chi connectivity index (χ2v) is 4.72. The summed E-state index contributed by atoms with van der Waals surface area (Å²) < 4.78 is 0. The zero-order valence-corrected chi connectivity index (χ0v) is 10.1.